The largest absolute Gasteiger partial charge is 0.489 e. The molecule has 3 aromatic rings. The Morgan fingerprint density at radius 1 is 0.826 bits per heavy atom. The number of rotatable bonds is 5. The topological polar surface area (TPSA) is 26.3 Å². The third kappa shape index (κ3) is 3.83. The minimum atomic E-state index is -0.282. The normalized spacial score (nSPS) is 10.3. The van der Waals surface area contributed by atoms with Crippen molar-refractivity contribution in [2.24, 2.45) is 0 Å². The zero-order valence-electron chi connectivity index (χ0n) is 12.4. The first kappa shape index (κ1) is 15.0. The van der Waals surface area contributed by atoms with Crippen molar-refractivity contribution >= 4 is 5.78 Å². The van der Waals surface area contributed by atoms with Gasteiger partial charge in [0.1, 0.15) is 18.2 Å². The lowest BCUT2D eigenvalue weighted by atomic mass is 10.0. The van der Waals surface area contributed by atoms with Gasteiger partial charge in [0.25, 0.3) is 0 Å². The molecule has 2 nitrogen and oxygen atoms in total. The molecule has 0 saturated heterocycles. The van der Waals surface area contributed by atoms with E-state index in [0.717, 1.165) is 5.56 Å². The van der Waals surface area contributed by atoms with E-state index in [4.69, 9.17) is 4.74 Å². The van der Waals surface area contributed by atoms with Gasteiger partial charge in [-0.3, -0.25) is 4.79 Å². The number of carbonyl (C=O) groups excluding carboxylic acids is 1. The van der Waals surface area contributed by atoms with Gasteiger partial charge in [0, 0.05) is 11.1 Å². The minimum Gasteiger partial charge on any atom is -0.489 e. The Morgan fingerprint density at radius 2 is 1.52 bits per heavy atom. The number of benzene rings is 3. The predicted molar refractivity (Wildman–Crippen MR) is 87.0 cm³/mol. The van der Waals surface area contributed by atoms with Crippen LogP contribution in [0.1, 0.15) is 21.5 Å². The maximum Gasteiger partial charge on any atom is 0.193 e. The highest BCUT2D eigenvalue weighted by Gasteiger charge is 2.08. The van der Waals surface area contributed by atoms with Crippen LogP contribution in [0, 0.1) is 5.82 Å². The van der Waals surface area contributed by atoms with Crippen molar-refractivity contribution in [3.63, 3.8) is 0 Å². The van der Waals surface area contributed by atoms with Crippen LogP contribution in [0.15, 0.2) is 78.9 Å². The summed E-state index contributed by atoms with van der Waals surface area (Å²) < 4.78 is 18.7. The van der Waals surface area contributed by atoms with E-state index in [1.165, 1.54) is 12.1 Å². The van der Waals surface area contributed by atoms with Gasteiger partial charge in [0.2, 0.25) is 0 Å². The molecule has 0 unspecified atom stereocenters. The Labute approximate surface area is 134 Å². The van der Waals surface area contributed by atoms with Gasteiger partial charge < -0.3 is 4.74 Å². The van der Waals surface area contributed by atoms with Gasteiger partial charge in [-0.1, -0.05) is 42.5 Å². The number of carbonyl (C=O) groups is 1. The summed E-state index contributed by atoms with van der Waals surface area (Å²) in [5, 5.41) is 0. The van der Waals surface area contributed by atoms with E-state index < -0.39 is 0 Å². The first-order valence-corrected chi connectivity index (χ1v) is 7.29. The van der Waals surface area contributed by atoms with Crippen LogP contribution in [0.5, 0.6) is 5.75 Å². The molecule has 0 aliphatic carbocycles. The zero-order valence-corrected chi connectivity index (χ0v) is 12.4. The van der Waals surface area contributed by atoms with Crippen LogP contribution in [-0.2, 0) is 6.61 Å². The van der Waals surface area contributed by atoms with Gasteiger partial charge >= 0.3 is 0 Å². The van der Waals surface area contributed by atoms with Crippen molar-refractivity contribution in [2.45, 2.75) is 6.61 Å². The summed E-state index contributed by atoms with van der Waals surface area (Å²) in [5.41, 5.74) is 2.02. The van der Waals surface area contributed by atoms with Crippen LogP contribution >= 0.6 is 0 Å². The molecule has 0 aliphatic rings. The first-order valence-electron chi connectivity index (χ1n) is 7.29. The van der Waals surface area contributed by atoms with E-state index in [-0.39, 0.29) is 18.2 Å². The van der Waals surface area contributed by atoms with Crippen molar-refractivity contribution in [1.29, 1.82) is 0 Å². The zero-order chi connectivity index (χ0) is 16.1. The molecule has 3 heteroatoms. The second-order valence-corrected chi connectivity index (χ2v) is 5.14. The Bertz CT molecular complexity index is 795. The van der Waals surface area contributed by atoms with Crippen molar-refractivity contribution in [1.82, 2.24) is 0 Å². The van der Waals surface area contributed by atoms with Gasteiger partial charge in [-0.25, -0.2) is 4.39 Å². The quantitative estimate of drug-likeness (QED) is 0.642. The standard InChI is InChI=1S/C20H15FO2/c21-18-8-4-5-15(13-18)14-23-19-11-9-17(10-12-19)20(22)16-6-2-1-3-7-16/h1-13H,14H2. The maximum absolute atomic E-state index is 13.1. The molecule has 0 aliphatic heterocycles. The summed E-state index contributed by atoms with van der Waals surface area (Å²) in [4.78, 5) is 12.3. The van der Waals surface area contributed by atoms with Crippen LogP contribution in [0.2, 0.25) is 0 Å². The Kier molecular flexibility index (Phi) is 4.48. The molecule has 0 aromatic heterocycles. The summed E-state index contributed by atoms with van der Waals surface area (Å²) >= 11 is 0. The average molecular weight is 306 g/mol. The predicted octanol–water partition coefficient (Wildman–Crippen LogP) is 4.64. The Balaban J connectivity index is 1.66. The average Bonchev–Trinajstić information content (AvgIpc) is 2.61. The fourth-order valence-electron chi connectivity index (χ4n) is 2.25. The minimum absolute atomic E-state index is 0.0257. The highest BCUT2D eigenvalue weighted by atomic mass is 19.1. The van der Waals surface area contributed by atoms with E-state index in [0.29, 0.717) is 16.9 Å². The van der Waals surface area contributed by atoms with E-state index in [2.05, 4.69) is 0 Å². The monoisotopic (exact) mass is 306 g/mol. The van der Waals surface area contributed by atoms with E-state index >= 15 is 0 Å². The molecule has 0 saturated carbocycles. The maximum atomic E-state index is 13.1. The SMILES string of the molecule is O=C(c1ccccc1)c1ccc(OCc2cccc(F)c2)cc1. The van der Waals surface area contributed by atoms with Crippen molar-refractivity contribution in [3.8, 4) is 5.75 Å². The fourth-order valence-corrected chi connectivity index (χ4v) is 2.25. The van der Waals surface area contributed by atoms with Gasteiger partial charge in [-0.15, -0.1) is 0 Å². The molecule has 0 amide bonds. The lowest BCUT2D eigenvalue weighted by Gasteiger charge is -2.07. The molecule has 3 aromatic carbocycles. The smallest absolute Gasteiger partial charge is 0.193 e. The molecule has 3 rings (SSSR count). The third-order valence-electron chi connectivity index (χ3n) is 3.45. The van der Waals surface area contributed by atoms with Crippen LogP contribution in [0.3, 0.4) is 0 Å². The third-order valence-corrected chi connectivity index (χ3v) is 3.45. The van der Waals surface area contributed by atoms with E-state index in [9.17, 15) is 9.18 Å². The summed E-state index contributed by atoms with van der Waals surface area (Å²) in [6.45, 7) is 0.281. The van der Waals surface area contributed by atoms with Crippen LogP contribution < -0.4 is 4.74 Å². The van der Waals surface area contributed by atoms with Gasteiger partial charge in [-0.2, -0.15) is 0 Å². The number of hydrogen-bond acceptors (Lipinski definition) is 2. The Morgan fingerprint density at radius 3 is 2.22 bits per heavy atom. The molecular weight excluding hydrogens is 291 g/mol. The highest BCUT2D eigenvalue weighted by molar-refractivity contribution is 6.08. The molecule has 114 valence electrons. The van der Waals surface area contributed by atoms with Crippen molar-refractivity contribution < 1.29 is 13.9 Å². The molecule has 0 radical (unpaired) electrons. The van der Waals surface area contributed by atoms with E-state index in [1.54, 1.807) is 48.5 Å². The molecule has 0 spiro atoms. The van der Waals surface area contributed by atoms with Gasteiger partial charge in [0.15, 0.2) is 5.78 Å². The molecule has 0 atom stereocenters. The summed E-state index contributed by atoms with van der Waals surface area (Å²) in [7, 11) is 0. The van der Waals surface area contributed by atoms with Gasteiger partial charge in [0.05, 0.1) is 0 Å². The van der Waals surface area contributed by atoms with Crippen LogP contribution in [-0.4, -0.2) is 5.78 Å². The van der Waals surface area contributed by atoms with Crippen LogP contribution in [0.4, 0.5) is 4.39 Å². The number of hydrogen-bond donors (Lipinski definition) is 0. The number of ketones is 1. The lowest BCUT2D eigenvalue weighted by molar-refractivity contribution is 0.103. The number of halogens is 1. The first-order chi connectivity index (χ1) is 11.2. The van der Waals surface area contributed by atoms with Crippen LogP contribution in [0.25, 0.3) is 0 Å². The van der Waals surface area contributed by atoms with E-state index in [1.807, 2.05) is 18.2 Å². The van der Waals surface area contributed by atoms with Crippen molar-refractivity contribution in [3.05, 3.63) is 101 Å². The van der Waals surface area contributed by atoms with Crippen molar-refractivity contribution in [2.75, 3.05) is 0 Å². The fraction of sp³-hybridized carbons (Fsp3) is 0.0500. The number of ether oxygens (including phenoxy) is 1. The molecule has 23 heavy (non-hydrogen) atoms. The lowest BCUT2D eigenvalue weighted by Crippen LogP contribution is -2.01. The molecular formula is C20H15FO2. The molecule has 0 bridgehead atoms. The molecule has 0 N–H and O–H groups in total. The molecule has 0 fully saturated rings. The summed E-state index contributed by atoms with van der Waals surface area (Å²) in [6.07, 6.45) is 0. The van der Waals surface area contributed by atoms with Gasteiger partial charge in [-0.05, 0) is 42.0 Å². The Hall–Kier alpha value is -2.94. The second-order valence-electron chi connectivity index (χ2n) is 5.14. The second kappa shape index (κ2) is 6.88. The molecule has 0 heterocycles. The highest BCUT2D eigenvalue weighted by Crippen LogP contribution is 2.17. The summed E-state index contributed by atoms with van der Waals surface area (Å²) in [5.74, 6) is 0.330. The summed E-state index contributed by atoms with van der Waals surface area (Å²) in [6, 6.07) is 22.4.